The van der Waals surface area contributed by atoms with Crippen LogP contribution in [0.25, 0.3) is 0 Å². The third-order valence-electron chi connectivity index (χ3n) is 9.53. The molecule has 2 aliphatic heterocycles. The van der Waals surface area contributed by atoms with Crippen LogP contribution in [0.1, 0.15) is 47.2 Å². The van der Waals surface area contributed by atoms with Crippen molar-refractivity contribution >= 4 is 61.2 Å². The van der Waals surface area contributed by atoms with Crippen molar-refractivity contribution in [3.63, 3.8) is 0 Å². The van der Waals surface area contributed by atoms with E-state index in [1.807, 2.05) is 42.5 Å². The predicted octanol–water partition coefficient (Wildman–Crippen LogP) is -3.61. The van der Waals surface area contributed by atoms with E-state index in [-0.39, 0.29) is 96.9 Å². The van der Waals surface area contributed by atoms with Crippen LogP contribution in [-0.2, 0) is 30.5 Å². The quantitative estimate of drug-likeness (QED) is 0.132. The van der Waals surface area contributed by atoms with E-state index in [1.54, 1.807) is 32.6 Å². The molecule has 2 heterocycles. The molecule has 2 aromatic carbocycles. The van der Waals surface area contributed by atoms with E-state index >= 15 is 0 Å². The maximum Gasteiger partial charge on any atom is 3.00 e. The molecule has 1 fully saturated rings. The van der Waals surface area contributed by atoms with Crippen LogP contribution >= 0.6 is 0 Å². The van der Waals surface area contributed by atoms with Crippen LogP contribution in [0.15, 0.2) is 48.5 Å². The number of nitrogens with zero attached hydrogens (tertiary/aromatic N) is 5. The van der Waals surface area contributed by atoms with Crippen LogP contribution < -0.4 is 25.5 Å². The number of carboxylic acids is 4. The minimum absolute atomic E-state index is 0. The van der Waals surface area contributed by atoms with Gasteiger partial charge in [0.05, 0.1) is 30.4 Å². The molecule has 2 atom stereocenters. The van der Waals surface area contributed by atoms with Gasteiger partial charge in [-0.2, -0.15) is 0 Å². The Balaban J connectivity index is 0.00000756. The number of hydrogen-bond acceptors (Lipinski definition) is 13. The zero-order valence-electron chi connectivity index (χ0n) is 29.8. The van der Waals surface area contributed by atoms with Gasteiger partial charge in [-0.3, -0.25) is 34.0 Å². The molecule has 2 N–H and O–H groups in total. The number of hydrogen-bond donors (Lipinski definition) is 2. The van der Waals surface area contributed by atoms with Crippen LogP contribution in [0, 0.1) is 0 Å². The van der Waals surface area contributed by atoms with E-state index in [2.05, 4.69) is 5.32 Å². The van der Waals surface area contributed by atoms with Gasteiger partial charge < -0.3 is 45.0 Å². The number of nitrogens with one attached hydrogen (secondary N) is 1. The Morgan fingerprint density at radius 1 is 0.755 bits per heavy atom. The second kappa shape index (κ2) is 20.8. The van der Waals surface area contributed by atoms with Crippen LogP contribution in [0.5, 0.6) is 0 Å². The monoisotopic (exact) mass is 790 g/mol. The van der Waals surface area contributed by atoms with Gasteiger partial charge in [-0.15, -0.1) is 0 Å². The summed E-state index contributed by atoms with van der Waals surface area (Å²) in [6.07, 6.45) is 0.456. The average Bonchev–Trinajstić information content (AvgIpc) is 3.43. The van der Waals surface area contributed by atoms with Gasteiger partial charge in [-0.25, -0.2) is 0 Å². The number of fused-ring (bicyclic) bond motifs is 1. The smallest absolute Gasteiger partial charge is 0.549 e. The Kier molecular flexibility index (Phi) is 17.0. The van der Waals surface area contributed by atoms with Crippen LogP contribution in [0.3, 0.4) is 0 Å². The molecule has 282 valence electrons. The maximum absolute atomic E-state index is 13.1. The van der Waals surface area contributed by atoms with E-state index < -0.39 is 55.5 Å². The molecule has 0 saturated carbocycles. The normalized spacial score (nSPS) is 17.8. The largest absolute Gasteiger partial charge is 3.00 e. The van der Waals surface area contributed by atoms with Gasteiger partial charge >= 0.3 is 25.8 Å². The number of carboxylic acid groups (broad SMARTS) is 4. The fourth-order valence-corrected chi connectivity index (χ4v) is 6.57. The number of amides is 2. The van der Waals surface area contributed by atoms with Gasteiger partial charge in [-0.1, -0.05) is 30.3 Å². The van der Waals surface area contributed by atoms with Crippen LogP contribution in [0.4, 0.5) is 5.69 Å². The average molecular weight is 792 g/mol. The summed E-state index contributed by atoms with van der Waals surface area (Å²) >= 11 is 0. The summed E-state index contributed by atoms with van der Waals surface area (Å²) in [5.74, 6) is -5.97. The Morgan fingerprint density at radius 2 is 1.25 bits per heavy atom. The second-order valence-electron chi connectivity index (χ2n) is 13.1. The Hall–Kier alpha value is -4.26. The molecule has 53 heavy (non-hydrogen) atoms. The zero-order chi connectivity index (χ0) is 37.8. The van der Waals surface area contributed by atoms with Gasteiger partial charge in [-0.05, 0) is 49.1 Å². The fraction of sp³-hybridized carbons (Fsp3) is 0.500. The van der Waals surface area contributed by atoms with Gasteiger partial charge in [0.1, 0.15) is 6.04 Å². The first-order valence-electron chi connectivity index (χ1n) is 17.3. The third kappa shape index (κ3) is 13.0. The topological polar surface area (TPSA) is 220 Å². The zero-order valence-corrected chi connectivity index (χ0v) is 32.2. The molecule has 2 aromatic rings. The molecule has 2 amide bonds. The molecule has 1 saturated heterocycles. The second-order valence-corrected chi connectivity index (χ2v) is 13.1. The molecule has 2 aliphatic rings. The predicted molar refractivity (Wildman–Crippen MR) is 187 cm³/mol. The summed E-state index contributed by atoms with van der Waals surface area (Å²) in [4.78, 5) is 80.6. The minimum atomic E-state index is -1.34. The van der Waals surface area contributed by atoms with Gasteiger partial charge in [0.2, 0.25) is 5.91 Å². The Bertz CT molecular complexity index is 1560. The van der Waals surface area contributed by atoms with Crippen molar-refractivity contribution < 1.29 is 49.2 Å². The molecule has 0 bridgehead atoms. The van der Waals surface area contributed by atoms with E-state index in [4.69, 9.17) is 0 Å². The van der Waals surface area contributed by atoms with Gasteiger partial charge in [0.15, 0.2) is 0 Å². The molecule has 2 unspecified atom stereocenters. The van der Waals surface area contributed by atoms with E-state index in [0.717, 1.165) is 16.8 Å². The molecule has 17 heteroatoms. The number of benzene rings is 2. The van der Waals surface area contributed by atoms with Gasteiger partial charge in [0, 0.05) is 89.8 Å². The third-order valence-corrected chi connectivity index (χ3v) is 9.53. The first-order chi connectivity index (χ1) is 24.8. The van der Waals surface area contributed by atoms with E-state index in [9.17, 15) is 49.2 Å². The summed E-state index contributed by atoms with van der Waals surface area (Å²) < 4.78 is 0. The van der Waals surface area contributed by atoms with Crippen LogP contribution in [-0.4, -0.2) is 165 Å². The van der Waals surface area contributed by atoms with Crippen molar-refractivity contribution in [2.45, 2.75) is 38.3 Å². The molecule has 16 nitrogen and oxygen atoms in total. The summed E-state index contributed by atoms with van der Waals surface area (Å²) in [5, 5.41) is 47.3. The first-order valence-corrected chi connectivity index (χ1v) is 17.3. The molecule has 0 aliphatic carbocycles. The standard InChI is InChI=1S/C36H48N6O10.Ga/c1-25(26-8-10-28(11-9-26)42-21-27-5-2-3-6-29(27)35(42)50)34(49)37-12-4-7-30(36(51)52)41-19-17-39(23-32(45)46)15-13-38(22-31(43)44)14-16-40(18-20-41)24-33(47)48;/h2-3,5-6,8-11,25,30H,4,7,12-24H2,1H3,(H,37,49)(H,43,44)(H,45,46)(H,47,48)(H,51,52);/q;+3/p-3. The van der Waals surface area contributed by atoms with Crippen molar-refractivity contribution in [1.82, 2.24) is 24.9 Å². The molecule has 0 radical (unpaired) electrons. The molecular formula is C36H45GaN6O10. The van der Waals surface area contributed by atoms with Crippen molar-refractivity contribution in [2.24, 2.45) is 0 Å². The van der Waals surface area contributed by atoms with E-state index in [0.29, 0.717) is 18.5 Å². The van der Waals surface area contributed by atoms with Crippen molar-refractivity contribution in [1.29, 1.82) is 0 Å². The number of rotatable bonds is 15. The van der Waals surface area contributed by atoms with Crippen molar-refractivity contribution in [3.8, 4) is 0 Å². The maximum atomic E-state index is 13.1. The number of aliphatic carboxylic acids is 4. The van der Waals surface area contributed by atoms with E-state index in [1.165, 1.54) is 4.90 Å². The summed E-state index contributed by atoms with van der Waals surface area (Å²) in [5.41, 5.74) is 3.10. The number of carbonyl (C=O) groups is 6. The molecule has 4 rings (SSSR count). The SMILES string of the molecule is CC(C(=O)NCCCC(C(=O)O)N1CCN(CC(=O)[O-])CCN(CC(=O)[O-])CCN(CC(=O)[O-])CC1)c1ccc(N2Cc3ccccc3C2=O)cc1.[Ga+3]. The number of anilines is 1. The van der Waals surface area contributed by atoms with Crippen molar-refractivity contribution in [3.05, 3.63) is 65.2 Å². The molecule has 0 aromatic heterocycles. The van der Waals surface area contributed by atoms with Crippen LogP contribution in [0.2, 0.25) is 0 Å². The van der Waals surface area contributed by atoms with Crippen molar-refractivity contribution in [2.75, 3.05) is 83.4 Å². The van der Waals surface area contributed by atoms with Gasteiger partial charge in [0.25, 0.3) is 5.91 Å². The summed E-state index contributed by atoms with van der Waals surface area (Å²) in [6, 6.07) is 13.7. The fourth-order valence-electron chi connectivity index (χ4n) is 6.57. The minimum Gasteiger partial charge on any atom is -0.549 e. The summed E-state index contributed by atoms with van der Waals surface area (Å²) in [7, 11) is 0. The summed E-state index contributed by atoms with van der Waals surface area (Å²) in [6.45, 7) is 2.20. The Morgan fingerprint density at radius 3 is 1.72 bits per heavy atom. The molecular weight excluding hydrogens is 746 g/mol. The first kappa shape index (κ1) is 43.1. The number of carbonyl (C=O) groups excluding carboxylic acids is 5. The Labute approximate surface area is 321 Å². The molecule has 0 spiro atoms.